The van der Waals surface area contributed by atoms with Crippen LogP contribution in [0.3, 0.4) is 0 Å². The predicted octanol–water partition coefficient (Wildman–Crippen LogP) is 0.844. The Bertz CT molecular complexity index is 525. The highest BCUT2D eigenvalue weighted by Gasteiger charge is 2.11. The summed E-state index contributed by atoms with van der Waals surface area (Å²) >= 11 is 0. The number of nitrogens with zero attached hydrogens (tertiary/aromatic N) is 1. The van der Waals surface area contributed by atoms with Crippen LogP contribution in [-0.4, -0.2) is 34.1 Å². The van der Waals surface area contributed by atoms with Gasteiger partial charge in [-0.25, -0.2) is 4.98 Å². The van der Waals surface area contributed by atoms with Gasteiger partial charge in [-0.05, 0) is 32.6 Å². The summed E-state index contributed by atoms with van der Waals surface area (Å²) in [5.74, 6) is 0.802. The third-order valence-electron chi connectivity index (χ3n) is 3.65. The number of aromatic nitrogens is 2. The van der Waals surface area contributed by atoms with E-state index in [9.17, 15) is 9.59 Å². The molecule has 0 saturated heterocycles. The molecule has 1 heterocycles. The van der Waals surface area contributed by atoms with Crippen molar-refractivity contribution in [3.05, 3.63) is 27.4 Å². The number of aliphatic hydroxyl groups excluding tert-OH is 1. The fourth-order valence-electron chi connectivity index (χ4n) is 2.26. The molecule has 118 valence electrons. The molecule has 1 rings (SSSR count). The molecule has 0 spiro atoms. The Labute approximate surface area is 125 Å². The van der Waals surface area contributed by atoms with Gasteiger partial charge in [-0.1, -0.05) is 13.3 Å². The lowest BCUT2D eigenvalue weighted by Gasteiger charge is -2.14. The third-order valence-corrected chi connectivity index (χ3v) is 3.65. The van der Waals surface area contributed by atoms with E-state index in [1.807, 2.05) is 6.92 Å². The van der Waals surface area contributed by atoms with Crippen LogP contribution in [0.2, 0.25) is 0 Å². The van der Waals surface area contributed by atoms with E-state index in [0.717, 1.165) is 6.42 Å². The summed E-state index contributed by atoms with van der Waals surface area (Å²) in [6, 6.07) is 0. The summed E-state index contributed by atoms with van der Waals surface area (Å²) in [6.45, 7) is 6.25. The van der Waals surface area contributed by atoms with Crippen LogP contribution in [0.15, 0.2) is 4.79 Å². The van der Waals surface area contributed by atoms with Gasteiger partial charge in [0.2, 0.25) is 5.91 Å². The molecule has 0 radical (unpaired) electrons. The van der Waals surface area contributed by atoms with Crippen molar-refractivity contribution in [3.8, 4) is 0 Å². The highest BCUT2D eigenvalue weighted by molar-refractivity contribution is 5.76. The minimum absolute atomic E-state index is 0.0780. The average Bonchev–Trinajstić information content (AvgIpc) is 2.42. The molecular weight excluding hydrogens is 270 g/mol. The van der Waals surface area contributed by atoms with E-state index in [0.29, 0.717) is 42.4 Å². The zero-order chi connectivity index (χ0) is 15.8. The van der Waals surface area contributed by atoms with Gasteiger partial charge in [0, 0.05) is 30.8 Å². The number of nitrogens with one attached hydrogen (secondary N) is 2. The zero-order valence-corrected chi connectivity index (χ0v) is 13.0. The van der Waals surface area contributed by atoms with Crippen molar-refractivity contribution in [1.82, 2.24) is 15.3 Å². The van der Waals surface area contributed by atoms with Gasteiger partial charge in [-0.2, -0.15) is 0 Å². The molecule has 0 aromatic carbocycles. The van der Waals surface area contributed by atoms with Crippen LogP contribution in [0.4, 0.5) is 0 Å². The Kier molecular flexibility index (Phi) is 7.08. The maximum atomic E-state index is 11.8. The first-order chi connectivity index (χ1) is 9.97. The number of H-pyrrole nitrogens is 1. The lowest BCUT2D eigenvalue weighted by molar-refractivity contribution is -0.121. The molecular formula is C15H25N3O3. The lowest BCUT2D eigenvalue weighted by atomic mass is 10.0. The first-order valence-electron chi connectivity index (χ1n) is 7.41. The summed E-state index contributed by atoms with van der Waals surface area (Å²) in [6.07, 6.45) is 2.26. The topological polar surface area (TPSA) is 95.1 Å². The van der Waals surface area contributed by atoms with Crippen LogP contribution in [0.25, 0.3) is 0 Å². The Morgan fingerprint density at radius 2 is 2.14 bits per heavy atom. The average molecular weight is 295 g/mol. The van der Waals surface area contributed by atoms with Crippen molar-refractivity contribution in [3.63, 3.8) is 0 Å². The van der Waals surface area contributed by atoms with Gasteiger partial charge in [0.1, 0.15) is 5.82 Å². The van der Waals surface area contributed by atoms with Gasteiger partial charge in [-0.3, -0.25) is 9.59 Å². The molecule has 0 aliphatic carbocycles. The Morgan fingerprint density at radius 1 is 1.43 bits per heavy atom. The van der Waals surface area contributed by atoms with E-state index < -0.39 is 0 Å². The van der Waals surface area contributed by atoms with Crippen LogP contribution < -0.4 is 10.9 Å². The molecule has 3 N–H and O–H groups in total. The van der Waals surface area contributed by atoms with Crippen molar-refractivity contribution < 1.29 is 9.90 Å². The van der Waals surface area contributed by atoms with Gasteiger partial charge < -0.3 is 15.4 Å². The van der Waals surface area contributed by atoms with E-state index in [-0.39, 0.29) is 24.5 Å². The van der Waals surface area contributed by atoms with E-state index in [1.54, 1.807) is 13.8 Å². The zero-order valence-electron chi connectivity index (χ0n) is 13.0. The van der Waals surface area contributed by atoms with Crippen LogP contribution >= 0.6 is 0 Å². The molecule has 6 nitrogen and oxygen atoms in total. The number of hydrogen-bond acceptors (Lipinski definition) is 4. The Balaban J connectivity index is 2.49. The predicted molar refractivity (Wildman–Crippen MR) is 81.1 cm³/mol. The first kappa shape index (κ1) is 17.4. The van der Waals surface area contributed by atoms with E-state index in [4.69, 9.17) is 5.11 Å². The Hall–Kier alpha value is -1.69. The van der Waals surface area contributed by atoms with Crippen molar-refractivity contribution in [2.45, 2.75) is 46.5 Å². The number of amides is 1. The third kappa shape index (κ3) is 5.67. The maximum Gasteiger partial charge on any atom is 0.254 e. The number of carbonyl (C=O) groups excluding carboxylic acids is 1. The molecule has 1 aromatic heterocycles. The molecule has 0 saturated carbocycles. The quantitative estimate of drug-likeness (QED) is 0.662. The van der Waals surface area contributed by atoms with Crippen LogP contribution in [0.1, 0.15) is 43.3 Å². The second kappa shape index (κ2) is 8.56. The van der Waals surface area contributed by atoms with Crippen molar-refractivity contribution in [2.75, 3.05) is 13.2 Å². The molecule has 21 heavy (non-hydrogen) atoms. The standard InChI is InChI=1S/C15H25N3O3/c1-4-12(7-8-19)9-16-14(20)6-5-13-10(2)17-11(3)18-15(13)21/h12,19H,4-9H2,1-3H3,(H,16,20)(H,17,18,21). The molecule has 0 aliphatic rings. The number of aromatic amines is 1. The van der Waals surface area contributed by atoms with Crippen molar-refractivity contribution >= 4 is 5.91 Å². The summed E-state index contributed by atoms with van der Waals surface area (Å²) in [5.41, 5.74) is 1.08. The maximum absolute atomic E-state index is 11.8. The van der Waals surface area contributed by atoms with Gasteiger partial charge in [0.05, 0.1) is 0 Å². The minimum atomic E-state index is -0.167. The normalized spacial score (nSPS) is 12.2. The molecule has 0 fully saturated rings. The molecule has 0 aliphatic heterocycles. The number of carbonyl (C=O) groups is 1. The highest BCUT2D eigenvalue weighted by atomic mass is 16.3. The number of hydrogen-bond donors (Lipinski definition) is 3. The minimum Gasteiger partial charge on any atom is -0.396 e. The second-order valence-corrected chi connectivity index (χ2v) is 5.31. The number of aliphatic hydroxyl groups is 1. The fourth-order valence-corrected chi connectivity index (χ4v) is 2.26. The Morgan fingerprint density at radius 3 is 2.71 bits per heavy atom. The molecule has 1 unspecified atom stereocenters. The van der Waals surface area contributed by atoms with Crippen LogP contribution in [0, 0.1) is 19.8 Å². The molecule has 0 bridgehead atoms. The lowest BCUT2D eigenvalue weighted by Crippen LogP contribution is -2.30. The molecule has 1 amide bonds. The molecule has 6 heteroatoms. The SMILES string of the molecule is CCC(CCO)CNC(=O)CCc1c(C)nc(C)[nH]c1=O. The van der Waals surface area contributed by atoms with Crippen molar-refractivity contribution in [1.29, 1.82) is 0 Å². The van der Waals surface area contributed by atoms with Gasteiger partial charge in [0.25, 0.3) is 5.56 Å². The summed E-state index contributed by atoms with van der Waals surface area (Å²) in [4.78, 5) is 30.5. The van der Waals surface area contributed by atoms with E-state index in [2.05, 4.69) is 15.3 Å². The van der Waals surface area contributed by atoms with Gasteiger partial charge in [-0.15, -0.1) is 0 Å². The number of aryl methyl sites for hydroxylation is 2. The second-order valence-electron chi connectivity index (χ2n) is 5.31. The van der Waals surface area contributed by atoms with E-state index in [1.165, 1.54) is 0 Å². The largest absolute Gasteiger partial charge is 0.396 e. The van der Waals surface area contributed by atoms with Crippen LogP contribution in [-0.2, 0) is 11.2 Å². The highest BCUT2D eigenvalue weighted by Crippen LogP contribution is 2.06. The number of rotatable bonds is 8. The van der Waals surface area contributed by atoms with E-state index >= 15 is 0 Å². The monoisotopic (exact) mass is 295 g/mol. The van der Waals surface area contributed by atoms with Gasteiger partial charge in [0.15, 0.2) is 0 Å². The fraction of sp³-hybridized carbons (Fsp3) is 0.667. The van der Waals surface area contributed by atoms with Crippen molar-refractivity contribution in [2.24, 2.45) is 5.92 Å². The summed E-state index contributed by atoms with van der Waals surface area (Å²) < 4.78 is 0. The summed E-state index contributed by atoms with van der Waals surface area (Å²) in [7, 11) is 0. The smallest absolute Gasteiger partial charge is 0.254 e. The molecule has 1 aromatic rings. The van der Waals surface area contributed by atoms with Gasteiger partial charge >= 0.3 is 0 Å². The van der Waals surface area contributed by atoms with Crippen LogP contribution in [0.5, 0.6) is 0 Å². The first-order valence-corrected chi connectivity index (χ1v) is 7.41. The molecule has 1 atom stereocenters. The summed E-state index contributed by atoms with van der Waals surface area (Å²) in [5, 5.41) is 11.8.